The van der Waals surface area contributed by atoms with Gasteiger partial charge in [0, 0.05) is 22.2 Å². The highest BCUT2D eigenvalue weighted by atomic mass is 35.5. The summed E-state index contributed by atoms with van der Waals surface area (Å²) in [4.78, 5) is 30.0. The third kappa shape index (κ3) is 3.69. The summed E-state index contributed by atoms with van der Waals surface area (Å²) in [5.74, 6) is -2.79. The molecular weight excluding hydrogens is 407 g/mol. The number of pyridine rings is 1. The topological polar surface area (TPSA) is 74.6 Å². The Kier molecular flexibility index (Phi) is 5.33. The van der Waals surface area contributed by atoms with Crippen molar-refractivity contribution in [1.82, 2.24) is 4.90 Å². The van der Waals surface area contributed by atoms with Crippen LogP contribution in [0.15, 0.2) is 78.6 Å². The highest BCUT2D eigenvalue weighted by Crippen LogP contribution is 2.39. The number of Topliss-reactive ketones (excluding diaryl/α,β-unsaturated/α-hetero) is 1. The lowest BCUT2D eigenvalue weighted by molar-refractivity contribution is -0.378. The number of amides is 1. The van der Waals surface area contributed by atoms with Crippen molar-refractivity contribution in [1.29, 1.82) is 0 Å². The number of aromatic amines is 1. The van der Waals surface area contributed by atoms with Crippen LogP contribution in [0.3, 0.4) is 0 Å². The minimum atomic E-state index is -0.996. The van der Waals surface area contributed by atoms with Crippen molar-refractivity contribution in [3.8, 4) is 0 Å². The quantitative estimate of drug-likeness (QED) is 0.368. The fourth-order valence-electron chi connectivity index (χ4n) is 3.54. The van der Waals surface area contributed by atoms with Crippen LogP contribution in [0.25, 0.3) is 5.76 Å². The lowest BCUT2D eigenvalue weighted by Gasteiger charge is -2.27. The van der Waals surface area contributed by atoms with Crippen LogP contribution in [-0.4, -0.2) is 16.6 Å². The first-order chi connectivity index (χ1) is 14.5. The average Bonchev–Trinajstić information content (AvgIpc) is 2.99. The van der Waals surface area contributed by atoms with Crippen molar-refractivity contribution in [2.24, 2.45) is 0 Å². The molecule has 1 N–H and O–H groups in total. The molecule has 1 aliphatic heterocycles. The average molecular weight is 423 g/mol. The van der Waals surface area contributed by atoms with Gasteiger partial charge in [-0.1, -0.05) is 41.6 Å². The van der Waals surface area contributed by atoms with E-state index < -0.39 is 29.3 Å². The number of nitrogens with one attached hydrogen (secondary N) is 1. The predicted molar refractivity (Wildman–Crippen MR) is 106 cm³/mol. The van der Waals surface area contributed by atoms with Gasteiger partial charge in [0.2, 0.25) is 5.78 Å². The van der Waals surface area contributed by atoms with Gasteiger partial charge >= 0.3 is 0 Å². The Morgan fingerprint density at radius 2 is 1.87 bits per heavy atom. The van der Waals surface area contributed by atoms with Gasteiger partial charge in [-0.2, -0.15) is 0 Å². The molecule has 2 aromatic carbocycles. The van der Waals surface area contributed by atoms with E-state index in [9.17, 15) is 19.1 Å². The Morgan fingerprint density at radius 3 is 2.53 bits per heavy atom. The Labute approximate surface area is 177 Å². The number of nitrogens with zero attached hydrogens (tertiary/aromatic N) is 1. The smallest absolute Gasteiger partial charge is 0.295 e. The molecule has 1 unspecified atom stereocenters. The number of aromatic nitrogens is 1. The van der Waals surface area contributed by atoms with E-state index in [1.807, 2.05) is 0 Å². The minimum Gasteiger partial charge on any atom is -0.872 e. The molecule has 1 amide bonds. The second-order valence-corrected chi connectivity index (χ2v) is 7.32. The maximum Gasteiger partial charge on any atom is 0.295 e. The van der Waals surface area contributed by atoms with E-state index in [0.29, 0.717) is 10.6 Å². The molecule has 7 heteroatoms. The Morgan fingerprint density at radius 1 is 1.10 bits per heavy atom. The standard InChI is InChI=1S/C23H16ClFN2O3/c24-17-8-6-15(7-9-17)21(28)19-20(16-4-1-5-18(25)11-16)27(23(30)22(19)29)13-14-3-2-10-26-12-14/h1-12,20,28H,13H2/b21-19+. The van der Waals surface area contributed by atoms with E-state index in [4.69, 9.17) is 11.6 Å². The third-order valence-corrected chi connectivity index (χ3v) is 5.18. The summed E-state index contributed by atoms with van der Waals surface area (Å²) in [5, 5.41) is 13.6. The molecule has 1 saturated heterocycles. The number of hydrogen-bond donors (Lipinski definition) is 0. The summed E-state index contributed by atoms with van der Waals surface area (Å²) in [7, 11) is 0. The van der Waals surface area contributed by atoms with Crippen molar-refractivity contribution in [2.75, 3.05) is 0 Å². The van der Waals surface area contributed by atoms with Crippen molar-refractivity contribution < 1.29 is 24.1 Å². The highest BCUT2D eigenvalue weighted by Gasteiger charge is 2.44. The van der Waals surface area contributed by atoms with E-state index in [-0.39, 0.29) is 17.7 Å². The number of halogens is 2. The number of carbonyl (C=O) groups excluding carboxylic acids is 2. The van der Waals surface area contributed by atoms with E-state index >= 15 is 0 Å². The molecule has 4 rings (SSSR count). The van der Waals surface area contributed by atoms with Gasteiger partial charge in [-0.3, -0.25) is 9.59 Å². The maximum absolute atomic E-state index is 14.0. The SMILES string of the molecule is O=C1C(=O)N(Cc2ccc[nH+]c2)C(c2cccc(F)c2)/C1=C(\[O-])c1ccc(Cl)cc1. The molecule has 1 aliphatic rings. The summed E-state index contributed by atoms with van der Waals surface area (Å²) in [6.45, 7) is 0.0838. The molecule has 3 aromatic rings. The number of hydrogen-bond acceptors (Lipinski definition) is 3. The van der Waals surface area contributed by atoms with Crippen LogP contribution in [0.5, 0.6) is 0 Å². The monoisotopic (exact) mass is 422 g/mol. The fourth-order valence-corrected chi connectivity index (χ4v) is 3.66. The van der Waals surface area contributed by atoms with E-state index in [1.165, 1.54) is 47.4 Å². The molecular formula is C23H16ClFN2O3. The van der Waals surface area contributed by atoms with Crippen LogP contribution >= 0.6 is 11.6 Å². The summed E-state index contributed by atoms with van der Waals surface area (Å²) < 4.78 is 14.0. The first-order valence-electron chi connectivity index (χ1n) is 9.18. The van der Waals surface area contributed by atoms with Gasteiger partial charge in [0.05, 0.1) is 12.6 Å². The van der Waals surface area contributed by atoms with Gasteiger partial charge in [0.1, 0.15) is 5.82 Å². The van der Waals surface area contributed by atoms with Crippen LogP contribution in [0.4, 0.5) is 4.39 Å². The van der Waals surface area contributed by atoms with Gasteiger partial charge in [-0.15, -0.1) is 0 Å². The molecule has 0 radical (unpaired) electrons. The Hall–Kier alpha value is -3.51. The van der Waals surface area contributed by atoms with Gasteiger partial charge < -0.3 is 10.0 Å². The third-order valence-electron chi connectivity index (χ3n) is 4.92. The zero-order chi connectivity index (χ0) is 21.3. The molecule has 1 aromatic heterocycles. The fraction of sp³-hybridized carbons (Fsp3) is 0.0870. The number of H-pyrrole nitrogens is 1. The summed E-state index contributed by atoms with van der Waals surface area (Å²) in [6, 6.07) is 14.2. The van der Waals surface area contributed by atoms with Gasteiger partial charge in [-0.25, -0.2) is 9.37 Å². The van der Waals surface area contributed by atoms with Gasteiger partial charge in [0.25, 0.3) is 5.91 Å². The Balaban J connectivity index is 1.87. The predicted octanol–water partition coefficient (Wildman–Crippen LogP) is 2.72. The second-order valence-electron chi connectivity index (χ2n) is 6.88. The van der Waals surface area contributed by atoms with Crippen LogP contribution in [-0.2, 0) is 16.1 Å². The number of benzene rings is 2. The summed E-state index contributed by atoms with van der Waals surface area (Å²) in [5.41, 5.74) is 1.12. The molecule has 30 heavy (non-hydrogen) atoms. The lowest BCUT2D eigenvalue weighted by Crippen LogP contribution is -2.29. The molecule has 0 bridgehead atoms. The number of rotatable bonds is 4. The van der Waals surface area contributed by atoms with Gasteiger partial charge in [-0.05, 0) is 41.5 Å². The Bertz CT molecular complexity index is 1150. The molecule has 0 saturated carbocycles. The molecule has 0 spiro atoms. The number of carbonyl (C=O) groups is 2. The maximum atomic E-state index is 14.0. The van der Waals surface area contributed by atoms with Crippen molar-refractivity contribution in [3.63, 3.8) is 0 Å². The molecule has 1 fully saturated rings. The highest BCUT2D eigenvalue weighted by molar-refractivity contribution is 6.46. The van der Waals surface area contributed by atoms with Crippen molar-refractivity contribution >= 4 is 29.1 Å². The van der Waals surface area contributed by atoms with E-state index in [2.05, 4.69) is 4.98 Å². The normalized spacial score (nSPS) is 18.1. The van der Waals surface area contributed by atoms with Crippen LogP contribution in [0.2, 0.25) is 5.02 Å². The van der Waals surface area contributed by atoms with Crippen molar-refractivity contribution in [3.05, 3.63) is 106 Å². The van der Waals surface area contributed by atoms with Crippen LogP contribution in [0, 0.1) is 5.82 Å². The van der Waals surface area contributed by atoms with Crippen LogP contribution < -0.4 is 10.1 Å². The molecule has 5 nitrogen and oxygen atoms in total. The van der Waals surface area contributed by atoms with E-state index in [1.54, 1.807) is 30.6 Å². The minimum absolute atomic E-state index is 0.0838. The second kappa shape index (κ2) is 8.08. The number of ketones is 1. The van der Waals surface area contributed by atoms with E-state index in [0.717, 1.165) is 5.56 Å². The zero-order valence-corrected chi connectivity index (χ0v) is 16.4. The zero-order valence-electron chi connectivity index (χ0n) is 15.6. The molecule has 150 valence electrons. The first kappa shape index (κ1) is 19.8. The molecule has 1 atom stereocenters. The summed E-state index contributed by atoms with van der Waals surface area (Å²) in [6.07, 6.45) is 3.41. The largest absolute Gasteiger partial charge is 0.872 e. The van der Waals surface area contributed by atoms with Gasteiger partial charge in [0.15, 0.2) is 12.4 Å². The number of likely N-dealkylation sites (tertiary alicyclic amines) is 1. The molecule has 0 aliphatic carbocycles. The lowest BCUT2D eigenvalue weighted by atomic mass is 9.95. The van der Waals surface area contributed by atoms with Crippen molar-refractivity contribution in [2.45, 2.75) is 12.6 Å². The summed E-state index contributed by atoms with van der Waals surface area (Å²) >= 11 is 5.89. The van der Waals surface area contributed by atoms with Crippen LogP contribution in [0.1, 0.15) is 22.7 Å². The molecule has 2 heterocycles. The first-order valence-corrected chi connectivity index (χ1v) is 9.56.